The second-order valence-corrected chi connectivity index (χ2v) is 7.55. The summed E-state index contributed by atoms with van der Waals surface area (Å²) < 4.78 is 47.9. The molecule has 0 radical (unpaired) electrons. The van der Waals surface area contributed by atoms with Gasteiger partial charge in [-0.2, -0.15) is 13.2 Å². The maximum Gasteiger partial charge on any atom is 0.416 e. The number of alkyl carbamates (subject to hydrolysis) is 1. The molecule has 3 rings (SSSR count). The zero-order chi connectivity index (χ0) is 26.0. The third kappa shape index (κ3) is 4.72. The van der Waals surface area contributed by atoms with Gasteiger partial charge in [-0.3, -0.25) is 29.4 Å². The number of rotatable bonds is 5. The van der Waals surface area contributed by atoms with E-state index >= 15 is 0 Å². The van der Waals surface area contributed by atoms with E-state index in [1.807, 2.05) is 5.32 Å². The molecule has 184 valence electrons. The number of benzene rings is 2. The van der Waals surface area contributed by atoms with Crippen LogP contribution < -0.4 is 5.32 Å². The molecule has 1 aliphatic heterocycles. The number of carbonyl (C=O) groups excluding carboxylic acids is 5. The minimum absolute atomic E-state index is 0.0877. The standard InChI is InChI=1S/C23H19F3N2O7/c1-34-20(32)22(11-17(29)27-21(33)35-2)16-6-4-3-5-15(16)18(30)28(19(22)31)12-13-7-9-14(10-8-13)23(24,25)26/h3-10H,11-12H2,1-2H3,(H,27,29,33). The summed E-state index contributed by atoms with van der Waals surface area (Å²) in [6, 6.07) is 9.32. The molecule has 0 spiro atoms. The van der Waals surface area contributed by atoms with Crippen molar-refractivity contribution in [3.63, 3.8) is 0 Å². The summed E-state index contributed by atoms with van der Waals surface area (Å²) in [5.74, 6) is -4.18. The average molecular weight is 492 g/mol. The quantitative estimate of drug-likeness (QED) is 0.387. The smallest absolute Gasteiger partial charge is 0.416 e. The molecule has 1 atom stereocenters. The molecule has 0 aromatic heterocycles. The minimum Gasteiger partial charge on any atom is -0.468 e. The van der Waals surface area contributed by atoms with E-state index in [1.54, 1.807) is 0 Å². The molecule has 4 amide bonds. The summed E-state index contributed by atoms with van der Waals surface area (Å²) in [5, 5.41) is 1.86. The molecule has 35 heavy (non-hydrogen) atoms. The van der Waals surface area contributed by atoms with E-state index in [2.05, 4.69) is 4.74 Å². The Morgan fingerprint density at radius 3 is 2.17 bits per heavy atom. The molecule has 0 fully saturated rings. The summed E-state index contributed by atoms with van der Waals surface area (Å²) in [6.07, 6.45) is -6.62. The zero-order valence-electron chi connectivity index (χ0n) is 18.5. The second kappa shape index (κ2) is 9.57. The van der Waals surface area contributed by atoms with Crippen LogP contribution in [0.5, 0.6) is 0 Å². The number of nitrogens with zero attached hydrogens (tertiary/aromatic N) is 1. The maximum atomic E-state index is 13.7. The molecule has 9 nitrogen and oxygen atoms in total. The van der Waals surface area contributed by atoms with Crippen molar-refractivity contribution in [1.29, 1.82) is 0 Å². The van der Waals surface area contributed by atoms with Crippen LogP contribution in [-0.4, -0.2) is 48.9 Å². The van der Waals surface area contributed by atoms with Crippen molar-refractivity contribution >= 4 is 29.8 Å². The van der Waals surface area contributed by atoms with E-state index in [-0.39, 0.29) is 16.7 Å². The third-order valence-corrected chi connectivity index (χ3v) is 5.48. The predicted octanol–water partition coefficient (Wildman–Crippen LogP) is 2.57. The van der Waals surface area contributed by atoms with E-state index in [1.165, 1.54) is 24.3 Å². The van der Waals surface area contributed by atoms with Crippen molar-refractivity contribution in [1.82, 2.24) is 10.2 Å². The van der Waals surface area contributed by atoms with Gasteiger partial charge in [0, 0.05) is 5.56 Å². The first kappa shape index (κ1) is 25.4. The minimum atomic E-state index is -4.58. The van der Waals surface area contributed by atoms with Crippen LogP contribution in [0.15, 0.2) is 48.5 Å². The van der Waals surface area contributed by atoms with Crippen LogP contribution in [0.25, 0.3) is 0 Å². The van der Waals surface area contributed by atoms with E-state index in [4.69, 9.17) is 4.74 Å². The van der Waals surface area contributed by atoms with Crippen LogP contribution in [0.1, 0.15) is 33.5 Å². The van der Waals surface area contributed by atoms with Gasteiger partial charge >= 0.3 is 18.2 Å². The lowest BCUT2D eigenvalue weighted by atomic mass is 9.71. The molecular weight excluding hydrogens is 473 g/mol. The number of amides is 4. The van der Waals surface area contributed by atoms with E-state index in [0.29, 0.717) is 4.90 Å². The number of ether oxygens (including phenoxy) is 2. The summed E-state index contributed by atoms with van der Waals surface area (Å²) in [4.78, 5) is 64.6. The molecule has 0 saturated heterocycles. The number of esters is 1. The second-order valence-electron chi connectivity index (χ2n) is 7.55. The number of methoxy groups -OCH3 is 2. The molecular formula is C23H19F3N2O7. The van der Waals surface area contributed by atoms with Crippen LogP contribution in [-0.2, 0) is 42.0 Å². The lowest BCUT2D eigenvalue weighted by molar-refractivity contribution is -0.158. The summed E-state index contributed by atoms with van der Waals surface area (Å²) in [5.41, 5.74) is -3.30. The molecule has 2 aromatic rings. The largest absolute Gasteiger partial charge is 0.468 e. The lowest BCUT2D eigenvalue weighted by Gasteiger charge is -2.39. The molecule has 1 unspecified atom stereocenters. The topological polar surface area (TPSA) is 119 Å². The van der Waals surface area contributed by atoms with Gasteiger partial charge in [-0.15, -0.1) is 0 Å². The molecule has 1 N–H and O–H groups in total. The Balaban J connectivity index is 2.09. The van der Waals surface area contributed by atoms with Crippen LogP contribution in [0.2, 0.25) is 0 Å². The van der Waals surface area contributed by atoms with Crippen LogP contribution in [0.4, 0.5) is 18.0 Å². The maximum absolute atomic E-state index is 13.7. The highest BCUT2D eigenvalue weighted by molar-refractivity contribution is 6.22. The van der Waals surface area contributed by atoms with Gasteiger partial charge in [-0.25, -0.2) is 4.79 Å². The summed E-state index contributed by atoms with van der Waals surface area (Å²) in [7, 11) is 1.99. The number of halogens is 3. The molecule has 1 aliphatic rings. The van der Waals surface area contributed by atoms with E-state index in [0.717, 1.165) is 38.5 Å². The molecule has 0 saturated carbocycles. The molecule has 0 aliphatic carbocycles. The number of imide groups is 2. The van der Waals surface area contributed by atoms with Gasteiger partial charge in [0.1, 0.15) is 0 Å². The number of hydrogen-bond acceptors (Lipinski definition) is 7. The number of carbonyl (C=O) groups is 5. The fourth-order valence-corrected chi connectivity index (χ4v) is 3.81. The molecule has 0 bridgehead atoms. The first-order valence-corrected chi connectivity index (χ1v) is 10.0. The van der Waals surface area contributed by atoms with Crippen molar-refractivity contribution < 1.29 is 46.6 Å². The highest BCUT2D eigenvalue weighted by Crippen LogP contribution is 2.40. The predicted molar refractivity (Wildman–Crippen MR) is 112 cm³/mol. The Bertz CT molecular complexity index is 1190. The SMILES string of the molecule is COC(=O)NC(=O)CC1(C(=O)OC)C(=O)N(Cc2ccc(C(F)(F)F)cc2)C(=O)c2ccccc21. The van der Waals surface area contributed by atoms with Gasteiger partial charge in [0.25, 0.3) is 11.8 Å². The number of fused-ring (bicyclic) bond motifs is 1. The van der Waals surface area contributed by atoms with Gasteiger partial charge in [-0.1, -0.05) is 30.3 Å². The average Bonchev–Trinajstić information content (AvgIpc) is 2.83. The van der Waals surface area contributed by atoms with Crippen molar-refractivity contribution in [3.05, 3.63) is 70.8 Å². The Morgan fingerprint density at radius 1 is 0.971 bits per heavy atom. The first-order chi connectivity index (χ1) is 16.4. The zero-order valence-corrected chi connectivity index (χ0v) is 18.5. The van der Waals surface area contributed by atoms with Gasteiger partial charge in [-0.05, 0) is 29.3 Å². The fraction of sp³-hybridized carbons (Fsp3) is 0.261. The highest BCUT2D eigenvalue weighted by Gasteiger charge is 2.58. The van der Waals surface area contributed by atoms with E-state index in [9.17, 15) is 37.1 Å². The summed E-state index contributed by atoms with van der Waals surface area (Å²) in [6.45, 7) is -0.485. The molecule has 1 heterocycles. The van der Waals surface area contributed by atoms with Gasteiger partial charge in [0.15, 0.2) is 5.41 Å². The first-order valence-electron chi connectivity index (χ1n) is 10.0. The van der Waals surface area contributed by atoms with Crippen molar-refractivity contribution in [2.45, 2.75) is 24.6 Å². The van der Waals surface area contributed by atoms with Crippen molar-refractivity contribution in [2.24, 2.45) is 0 Å². The molecule has 12 heteroatoms. The normalized spacial score (nSPS) is 17.5. The van der Waals surface area contributed by atoms with Crippen molar-refractivity contribution in [3.8, 4) is 0 Å². The van der Waals surface area contributed by atoms with Gasteiger partial charge in [0.2, 0.25) is 5.91 Å². The highest BCUT2D eigenvalue weighted by atomic mass is 19.4. The Morgan fingerprint density at radius 2 is 1.60 bits per heavy atom. The monoisotopic (exact) mass is 492 g/mol. The Hall–Kier alpha value is -4.22. The van der Waals surface area contributed by atoms with Gasteiger partial charge in [0.05, 0.1) is 32.7 Å². The number of hydrogen-bond donors (Lipinski definition) is 1. The fourth-order valence-electron chi connectivity index (χ4n) is 3.81. The van der Waals surface area contributed by atoms with Crippen LogP contribution in [0, 0.1) is 0 Å². The molecule has 2 aromatic carbocycles. The summed E-state index contributed by atoms with van der Waals surface area (Å²) >= 11 is 0. The van der Waals surface area contributed by atoms with Gasteiger partial charge < -0.3 is 9.47 Å². The lowest BCUT2D eigenvalue weighted by Crippen LogP contribution is -2.59. The number of alkyl halides is 3. The Kier molecular flexibility index (Phi) is 6.94. The van der Waals surface area contributed by atoms with Crippen LogP contribution >= 0.6 is 0 Å². The van der Waals surface area contributed by atoms with Crippen LogP contribution in [0.3, 0.4) is 0 Å². The Labute approximate surface area is 196 Å². The van der Waals surface area contributed by atoms with Crippen molar-refractivity contribution in [2.75, 3.05) is 14.2 Å². The third-order valence-electron chi connectivity index (χ3n) is 5.48. The van der Waals surface area contributed by atoms with E-state index < -0.39 is 59.9 Å². The number of nitrogens with one attached hydrogen (secondary N) is 1.